The Morgan fingerprint density at radius 1 is 0.793 bits per heavy atom. The summed E-state index contributed by atoms with van der Waals surface area (Å²) in [5.41, 5.74) is 0. The van der Waals surface area contributed by atoms with E-state index in [9.17, 15) is 0 Å². The Morgan fingerprint density at radius 2 is 1.24 bits per heavy atom. The Kier molecular flexibility index (Phi) is 18.2. The van der Waals surface area contributed by atoms with Crippen LogP contribution in [0.4, 0.5) is 0 Å². The molecule has 29 heavy (non-hydrogen) atoms. The third-order valence-corrected chi connectivity index (χ3v) is 29.3. The van der Waals surface area contributed by atoms with E-state index in [1.807, 2.05) is 0 Å². The van der Waals surface area contributed by atoms with Crippen LogP contribution < -0.4 is 0 Å². The molecule has 0 saturated heterocycles. The van der Waals surface area contributed by atoms with E-state index in [1.165, 1.54) is 85.9 Å². The Balaban J connectivity index is 5.54. The molecule has 1 nitrogen and oxygen atoms in total. The number of unbranched alkanes of at least 4 members (excludes halogenated alkanes) is 3. The summed E-state index contributed by atoms with van der Waals surface area (Å²) >= 11 is 4.79. The van der Waals surface area contributed by atoms with Crippen LogP contribution in [-0.4, -0.2) is 32.8 Å². The van der Waals surface area contributed by atoms with Gasteiger partial charge in [-0.2, -0.15) is 0 Å². The molecule has 0 aliphatic rings. The van der Waals surface area contributed by atoms with E-state index in [4.69, 9.17) is 16.0 Å². The summed E-state index contributed by atoms with van der Waals surface area (Å²) < 4.78 is 12.6. The monoisotopic (exact) mass is 552 g/mol. The molecular formula is C25H53ClOSiSn. The quantitative estimate of drug-likeness (QED) is 0.145. The zero-order chi connectivity index (χ0) is 22.2. The predicted octanol–water partition coefficient (Wildman–Crippen LogP) is 10.1. The summed E-state index contributed by atoms with van der Waals surface area (Å²) in [7, 11) is -1.55. The molecule has 0 radical (unpaired) electrons. The van der Waals surface area contributed by atoms with Crippen molar-refractivity contribution in [2.75, 3.05) is 0 Å². The second kappa shape index (κ2) is 17.5. The van der Waals surface area contributed by atoms with Crippen LogP contribution >= 0.6 is 11.6 Å². The molecule has 0 aromatic heterocycles. The van der Waals surface area contributed by atoms with Crippen molar-refractivity contribution in [2.45, 2.75) is 144 Å². The van der Waals surface area contributed by atoms with Gasteiger partial charge < -0.3 is 0 Å². The maximum atomic E-state index is 7.24. The van der Waals surface area contributed by atoms with Crippen molar-refractivity contribution in [2.24, 2.45) is 0 Å². The van der Waals surface area contributed by atoms with Crippen molar-refractivity contribution in [1.82, 2.24) is 0 Å². The van der Waals surface area contributed by atoms with Crippen molar-refractivity contribution in [1.29, 1.82) is 0 Å². The van der Waals surface area contributed by atoms with Crippen LogP contribution in [0.15, 0.2) is 9.12 Å². The molecule has 1 atom stereocenters. The van der Waals surface area contributed by atoms with Crippen LogP contribution in [0, 0.1) is 0 Å². The second-order valence-corrected chi connectivity index (χ2v) is 28.3. The van der Waals surface area contributed by atoms with Gasteiger partial charge in [-0.25, -0.2) is 0 Å². The van der Waals surface area contributed by atoms with Gasteiger partial charge in [-0.15, -0.1) is 0 Å². The molecule has 0 aliphatic heterocycles. The summed E-state index contributed by atoms with van der Waals surface area (Å²) in [5.74, 6) is 0. The molecule has 0 N–H and O–H groups in total. The fourth-order valence-corrected chi connectivity index (χ4v) is 24.1. The summed E-state index contributed by atoms with van der Waals surface area (Å²) in [5, 5.41) is 0. The number of hydrogen-bond donors (Lipinski definition) is 0. The molecule has 0 aliphatic carbocycles. The van der Waals surface area contributed by atoms with Crippen LogP contribution in [-0.2, 0) is 4.43 Å². The maximum absolute atomic E-state index is 7.24. The average molecular weight is 552 g/mol. The summed E-state index contributed by atoms with van der Waals surface area (Å²) in [4.78, 5) is 0. The van der Waals surface area contributed by atoms with Gasteiger partial charge in [0.05, 0.1) is 0 Å². The van der Waals surface area contributed by atoms with E-state index in [-0.39, 0.29) is 0 Å². The van der Waals surface area contributed by atoms with Crippen molar-refractivity contribution >= 4 is 38.3 Å². The zero-order valence-corrected chi connectivity index (χ0v) is 25.7. The minimum atomic E-state index is -2.45. The predicted molar refractivity (Wildman–Crippen MR) is 140 cm³/mol. The zero-order valence-electron chi connectivity index (χ0n) is 21.0. The Labute approximate surface area is 194 Å². The van der Waals surface area contributed by atoms with Crippen LogP contribution in [0.1, 0.15) is 106 Å². The van der Waals surface area contributed by atoms with Gasteiger partial charge >= 0.3 is 196 Å². The SMILES string of the molecule is CCC[CH2][Sn]([CH2]CCC)([CH2]CCC)[C](Cl)=CCC(CCC)O[Si](CC)(CC)CC. The van der Waals surface area contributed by atoms with Crippen LogP contribution in [0.25, 0.3) is 0 Å². The molecule has 0 aromatic carbocycles. The van der Waals surface area contributed by atoms with Gasteiger partial charge in [0.1, 0.15) is 0 Å². The van der Waals surface area contributed by atoms with E-state index in [0.717, 1.165) is 6.42 Å². The fraction of sp³-hybridized carbons (Fsp3) is 0.920. The minimum absolute atomic E-state index is 0.382. The van der Waals surface area contributed by atoms with E-state index < -0.39 is 26.7 Å². The molecule has 0 amide bonds. The van der Waals surface area contributed by atoms with E-state index in [2.05, 4.69) is 54.5 Å². The number of hydrogen-bond acceptors (Lipinski definition) is 1. The molecular weight excluding hydrogens is 499 g/mol. The third-order valence-electron chi connectivity index (χ3n) is 7.05. The molecule has 0 rings (SSSR count). The molecule has 0 heterocycles. The Bertz CT molecular complexity index is 393. The molecule has 1 unspecified atom stereocenters. The molecule has 0 aromatic rings. The van der Waals surface area contributed by atoms with Gasteiger partial charge in [0.25, 0.3) is 0 Å². The first-order valence-electron chi connectivity index (χ1n) is 13.0. The first-order chi connectivity index (χ1) is 13.9. The van der Waals surface area contributed by atoms with Gasteiger partial charge in [-0.3, -0.25) is 0 Å². The molecule has 0 saturated carbocycles. The van der Waals surface area contributed by atoms with Crippen molar-refractivity contribution in [3.05, 3.63) is 9.12 Å². The van der Waals surface area contributed by atoms with Crippen molar-refractivity contribution in [3.8, 4) is 0 Å². The Morgan fingerprint density at radius 3 is 1.59 bits per heavy atom. The van der Waals surface area contributed by atoms with Gasteiger partial charge in [0.2, 0.25) is 0 Å². The number of halogens is 1. The molecule has 0 fully saturated rings. The van der Waals surface area contributed by atoms with Crippen molar-refractivity contribution < 1.29 is 4.43 Å². The summed E-state index contributed by atoms with van der Waals surface area (Å²) in [6.07, 6.45) is 14.3. The fourth-order valence-electron chi connectivity index (χ4n) is 4.63. The molecule has 0 bridgehead atoms. The van der Waals surface area contributed by atoms with Gasteiger partial charge in [0, 0.05) is 0 Å². The normalized spacial score (nSPS) is 14.4. The summed E-state index contributed by atoms with van der Waals surface area (Å²) in [6.45, 7) is 16.3. The standard InChI is InChI=1S/C13H26ClOSi.3C4H9.Sn/c1-5-10-13(11-9-12-14)15-16(6-2,7-3)8-4;3*1-3-4-2;/h9,13H,5-8,10-11H2,1-4H3;3*1,3-4H2,2H3;. The molecule has 0 spiro atoms. The van der Waals surface area contributed by atoms with Gasteiger partial charge in [-0.05, 0) is 0 Å². The van der Waals surface area contributed by atoms with Crippen LogP contribution in [0.2, 0.25) is 31.4 Å². The van der Waals surface area contributed by atoms with Gasteiger partial charge in [-0.1, -0.05) is 0 Å². The Hall–Kier alpha value is 1.01. The van der Waals surface area contributed by atoms with Crippen molar-refractivity contribution in [3.63, 3.8) is 0 Å². The van der Waals surface area contributed by atoms with E-state index in [1.54, 1.807) is 0 Å². The topological polar surface area (TPSA) is 9.23 Å². The first kappa shape index (κ1) is 30.0. The van der Waals surface area contributed by atoms with Crippen LogP contribution in [0.3, 0.4) is 0 Å². The molecule has 174 valence electrons. The first-order valence-corrected chi connectivity index (χ1v) is 23.4. The second-order valence-electron chi connectivity index (χ2n) is 9.15. The molecule has 4 heteroatoms. The van der Waals surface area contributed by atoms with Crippen LogP contribution in [0.5, 0.6) is 0 Å². The average Bonchev–Trinajstić information content (AvgIpc) is 2.75. The van der Waals surface area contributed by atoms with Gasteiger partial charge in [0.15, 0.2) is 0 Å². The summed E-state index contributed by atoms with van der Waals surface area (Å²) in [6, 6.07) is 3.72. The van der Waals surface area contributed by atoms with E-state index in [0.29, 0.717) is 6.10 Å². The third kappa shape index (κ3) is 10.9. The van der Waals surface area contributed by atoms with E-state index >= 15 is 0 Å². The number of rotatable bonds is 19.